The number of rotatable bonds is 7. The molecular weight excluding hydrogens is 505 g/mol. The second-order valence-corrected chi connectivity index (χ2v) is 10.7. The molecule has 0 bridgehead atoms. The number of benzene rings is 1. The molecule has 3 heterocycles. The molecule has 210 valence electrons. The Hall–Kier alpha value is -4.04. The van der Waals surface area contributed by atoms with Crippen molar-refractivity contribution in [3.05, 3.63) is 98.0 Å². The Kier molecular flexibility index (Phi) is 8.69. The summed E-state index contributed by atoms with van der Waals surface area (Å²) in [7, 11) is 5.13. The van der Waals surface area contributed by atoms with Gasteiger partial charge in [0.15, 0.2) is 0 Å². The summed E-state index contributed by atoms with van der Waals surface area (Å²) in [6.07, 6.45) is 8.43. The average molecular weight is 544 g/mol. The summed E-state index contributed by atoms with van der Waals surface area (Å²) < 4.78 is 16.8. The Morgan fingerprint density at radius 3 is 2.58 bits per heavy atom. The van der Waals surface area contributed by atoms with Gasteiger partial charge in [0.05, 0.1) is 5.69 Å². The lowest BCUT2D eigenvalue weighted by molar-refractivity contribution is 0.0827. The first kappa shape index (κ1) is 29.0. The SMILES string of the molecule is CNc1ccn(-c2ccnc(C)c2/C=C(\C)CN2CC=C(c3c(C)cc(C(=O)N(C)C)cc3F)CC2)c(=O)c1C. The lowest BCUT2D eigenvalue weighted by Gasteiger charge is -2.27. The lowest BCUT2D eigenvalue weighted by Crippen LogP contribution is -2.30. The number of aryl methyl sites for hydroxylation is 2. The molecule has 4 rings (SSSR count). The molecule has 0 spiro atoms. The van der Waals surface area contributed by atoms with Gasteiger partial charge in [0.1, 0.15) is 5.82 Å². The lowest BCUT2D eigenvalue weighted by atomic mass is 9.93. The average Bonchev–Trinajstić information content (AvgIpc) is 2.91. The fraction of sp³-hybridized carbons (Fsp3) is 0.344. The molecule has 2 aromatic heterocycles. The van der Waals surface area contributed by atoms with Crippen LogP contribution in [-0.4, -0.2) is 66.0 Å². The number of halogens is 1. The zero-order valence-corrected chi connectivity index (χ0v) is 24.4. The third kappa shape index (κ3) is 5.92. The van der Waals surface area contributed by atoms with Crippen molar-refractivity contribution >= 4 is 23.2 Å². The topological polar surface area (TPSA) is 70.5 Å². The van der Waals surface area contributed by atoms with Gasteiger partial charge < -0.3 is 10.2 Å². The van der Waals surface area contributed by atoms with E-state index in [-0.39, 0.29) is 17.3 Å². The number of hydrogen-bond donors (Lipinski definition) is 1. The van der Waals surface area contributed by atoms with Crippen molar-refractivity contribution in [3.63, 3.8) is 0 Å². The Bertz CT molecular complexity index is 1540. The van der Waals surface area contributed by atoms with Gasteiger partial charge in [-0.3, -0.25) is 24.0 Å². The van der Waals surface area contributed by atoms with E-state index in [1.54, 1.807) is 44.2 Å². The molecule has 1 aromatic carbocycles. The highest BCUT2D eigenvalue weighted by Crippen LogP contribution is 2.29. The summed E-state index contributed by atoms with van der Waals surface area (Å²) in [4.78, 5) is 33.7. The highest BCUT2D eigenvalue weighted by Gasteiger charge is 2.20. The van der Waals surface area contributed by atoms with Gasteiger partial charge in [-0.05, 0) is 69.5 Å². The Labute approximate surface area is 235 Å². The van der Waals surface area contributed by atoms with E-state index in [0.717, 1.165) is 58.9 Å². The molecular formula is C32H38FN5O2. The van der Waals surface area contributed by atoms with E-state index in [1.165, 1.54) is 11.0 Å². The monoisotopic (exact) mass is 543 g/mol. The normalized spacial score (nSPS) is 14.2. The zero-order valence-electron chi connectivity index (χ0n) is 24.4. The minimum Gasteiger partial charge on any atom is -0.388 e. The van der Waals surface area contributed by atoms with Gasteiger partial charge in [-0.1, -0.05) is 17.7 Å². The van der Waals surface area contributed by atoms with Crippen molar-refractivity contribution in [3.8, 4) is 5.69 Å². The molecule has 7 nitrogen and oxygen atoms in total. The molecule has 1 aliphatic rings. The fourth-order valence-corrected chi connectivity index (χ4v) is 5.31. The van der Waals surface area contributed by atoms with Crippen LogP contribution >= 0.6 is 0 Å². The predicted molar refractivity (Wildman–Crippen MR) is 161 cm³/mol. The van der Waals surface area contributed by atoms with Crippen LogP contribution in [0.3, 0.4) is 0 Å². The van der Waals surface area contributed by atoms with Crippen LogP contribution in [0.2, 0.25) is 0 Å². The van der Waals surface area contributed by atoms with Crippen LogP contribution < -0.4 is 10.9 Å². The molecule has 1 N–H and O–H groups in total. The van der Waals surface area contributed by atoms with Gasteiger partial charge in [-0.15, -0.1) is 0 Å². The van der Waals surface area contributed by atoms with Crippen molar-refractivity contribution in [1.82, 2.24) is 19.4 Å². The van der Waals surface area contributed by atoms with Crippen LogP contribution in [0.5, 0.6) is 0 Å². The predicted octanol–water partition coefficient (Wildman–Crippen LogP) is 5.23. The number of pyridine rings is 2. The van der Waals surface area contributed by atoms with E-state index in [0.29, 0.717) is 23.2 Å². The largest absolute Gasteiger partial charge is 0.388 e. The number of carbonyl (C=O) groups is 1. The summed E-state index contributed by atoms with van der Waals surface area (Å²) in [6.45, 7) is 9.94. The maximum atomic E-state index is 15.1. The molecule has 40 heavy (non-hydrogen) atoms. The Morgan fingerprint density at radius 1 is 1.20 bits per heavy atom. The highest BCUT2D eigenvalue weighted by molar-refractivity contribution is 5.94. The van der Waals surface area contributed by atoms with Crippen LogP contribution in [0.4, 0.5) is 10.1 Å². The van der Waals surface area contributed by atoms with E-state index in [2.05, 4.69) is 34.3 Å². The van der Waals surface area contributed by atoms with Crippen molar-refractivity contribution in [1.29, 1.82) is 0 Å². The minimum absolute atomic E-state index is 0.0694. The van der Waals surface area contributed by atoms with Gasteiger partial charge in [0.2, 0.25) is 0 Å². The summed E-state index contributed by atoms with van der Waals surface area (Å²) in [5.41, 5.74) is 7.81. The molecule has 0 saturated heterocycles. The molecule has 1 aliphatic heterocycles. The van der Waals surface area contributed by atoms with E-state index < -0.39 is 0 Å². The first-order valence-electron chi connectivity index (χ1n) is 13.5. The van der Waals surface area contributed by atoms with Crippen LogP contribution in [0, 0.1) is 26.6 Å². The first-order valence-corrected chi connectivity index (χ1v) is 13.5. The number of anilines is 1. The molecule has 8 heteroatoms. The van der Waals surface area contributed by atoms with Crippen LogP contribution in [0.15, 0.2) is 53.1 Å². The second kappa shape index (κ2) is 12.0. The minimum atomic E-state index is -0.353. The number of nitrogens with one attached hydrogen (secondary N) is 1. The third-order valence-electron chi connectivity index (χ3n) is 7.45. The van der Waals surface area contributed by atoms with Crippen molar-refractivity contribution < 1.29 is 9.18 Å². The number of aromatic nitrogens is 2. The molecule has 0 aliphatic carbocycles. The van der Waals surface area contributed by atoms with Gasteiger partial charge >= 0.3 is 0 Å². The van der Waals surface area contributed by atoms with Gasteiger partial charge in [-0.25, -0.2) is 4.39 Å². The molecule has 0 fully saturated rings. The van der Waals surface area contributed by atoms with Crippen molar-refractivity contribution in [2.75, 3.05) is 46.1 Å². The van der Waals surface area contributed by atoms with E-state index in [4.69, 9.17) is 0 Å². The highest BCUT2D eigenvalue weighted by atomic mass is 19.1. The van der Waals surface area contributed by atoms with Gasteiger partial charge in [0, 0.05) is 86.8 Å². The maximum Gasteiger partial charge on any atom is 0.260 e. The Morgan fingerprint density at radius 2 is 1.95 bits per heavy atom. The maximum absolute atomic E-state index is 15.1. The summed E-state index contributed by atoms with van der Waals surface area (Å²) in [6, 6.07) is 6.89. The molecule has 0 unspecified atom stereocenters. The Balaban J connectivity index is 1.55. The molecule has 0 atom stereocenters. The van der Waals surface area contributed by atoms with Gasteiger partial charge in [0.25, 0.3) is 11.5 Å². The number of hydrogen-bond acceptors (Lipinski definition) is 5. The quantitative estimate of drug-likeness (QED) is 0.442. The van der Waals surface area contributed by atoms with Crippen molar-refractivity contribution in [2.24, 2.45) is 0 Å². The van der Waals surface area contributed by atoms with E-state index >= 15 is 4.39 Å². The summed E-state index contributed by atoms with van der Waals surface area (Å²) in [5.74, 6) is -0.560. The fourth-order valence-electron chi connectivity index (χ4n) is 5.31. The molecule has 3 aromatic rings. The summed E-state index contributed by atoms with van der Waals surface area (Å²) >= 11 is 0. The molecule has 1 amide bonds. The second-order valence-electron chi connectivity index (χ2n) is 10.7. The zero-order chi connectivity index (χ0) is 29.1. The third-order valence-corrected chi connectivity index (χ3v) is 7.45. The van der Waals surface area contributed by atoms with Gasteiger partial charge in [-0.2, -0.15) is 0 Å². The van der Waals surface area contributed by atoms with Crippen LogP contribution in [-0.2, 0) is 0 Å². The standard InChI is InChI=1S/C32H38FN5O2/c1-20(16-26-23(4)35-12-8-29(26)38-15-11-28(34-5)22(3)31(38)39)19-37-13-9-24(10-14-37)30-21(2)17-25(18-27(30)33)32(40)36(6)7/h8-9,11-12,15-18,34H,10,13-14,19H2,1-7H3/b20-16+. The summed E-state index contributed by atoms with van der Waals surface area (Å²) in [5, 5.41) is 3.07. The first-order chi connectivity index (χ1) is 19.0. The molecule has 0 radical (unpaired) electrons. The number of amides is 1. The smallest absolute Gasteiger partial charge is 0.260 e. The van der Waals surface area contributed by atoms with Crippen molar-refractivity contribution in [2.45, 2.75) is 34.1 Å². The van der Waals surface area contributed by atoms with Crippen LogP contribution in [0.25, 0.3) is 17.3 Å². The number of nitrogens with zero attached hydrogens (tertiary/aromatic N) is 4. The van der Waals surface area contributed by atoms with E-state index in [9.17, 15) is 9.59 Å². The van der Waals surface area contributed by atoms with Crippen LogP contribution in [0.1, 0.15) is 51.7 Å². The number of carbonyl (C=O) groups excluding carboxylic acids is 1. The molecule has 0 saturated carbocycles. The van der Waals surface area contributed by atoms with E-state index in [1.807, 2.05) is 32.9 Å².